The molecule has 21 heavy (non-hydrogen) atoms. The van der Waals surface area contributed by atoms with Gasteiger partial charge in [0.15, 0.2) is 0 Å². The van der Waals surface area contributed by atoms with Crippen LogP contribution in [-0.2, 0) is 7.05 Å². The Kier molecular flexibility index (Phi) is 3.34. The van der Waals surface area contributed by atoms with E-state index in [4.69, 9.17) is 5.11 Å². The molecule has 0 radical (unpaired) electrons. The molecule has 1 saturated heterocycles. The minimum atomic E-state index is -1.03. The lowest BCUT2D eigenvalue weighted by atomic mass is 10.3. The number of carboxylic acid groups (broad SMARTS) is 1. The number of piperazine rings is 1. The summed E-state index contributed by atoms with van der Waals surface area (Å²) in [5.74, 6) is 0.244. The SMILES string of the molecule is Cn1nnnc1N1CCN(c2ncc(C(=O)O)cn2)CC1. The van der Waals surface area contributed by atoms with Gasteiger partial charge in [0.2, 0.25) is 11.9 Å². The van der Waals surface area contributed by atoms with Gasteiger partial charge in [0, 0.05) is 45.6 Å². The summed E-state index contributed by atoms with van der Waals surface area (Å²) < 4.78 is 1.63. The molecule has 10 nitrogen and oxygen atoms in total. The third-order valence-corrected chi connectivity index (χ3v) is 3.33. The number of hydrogen-bond acceptors (Lipinski definition) is 8. The summed E-state index contributed by atoms with van der Waals surface area (Å²) in [6.07, 6.45) is 2.65. The monoisotopic (exact) mass is 290 g/mol. The molecule has 3 rings (SSSR count). The highest BCUT2D eigenvalue weighted by Gasteiger charge is 2.22. The van der Waals surface area contributed by atoms with Crippen molar-refractivity contribution in [3.05, 3.63) is 18.0 Å². The van der Waals surface area contributed by atoms with E-state index in [2.05, 4.69) is 30.4 Å². The van der Waals surface area contributed by atoms with E-state index in [1.165, 1.54) is 12.4 Å². The Bertz CT molecular complexity index is 632. The fraction of sp³-hybridized carbons (Fsp3) is 0.455. The summed E-state index contributed by atoms with van der Waals surface area (Å²) in [6.45, 7) is 2.94. The van der Waals surface area contributed by atoms with Crippen LogP contribution in [0.15, 0.2) is 12.4 Å². The van der Waals surface area contributed by atoms with Crippen molar-refractivity contribution in [1.29, 1.82) is 0 Å². The van der Waals surface area contributed by atoms with Crippen LogP contribution >= 0.6 is 0 Å². The number of anilines is 2. The Morgan fingerprint density at radius 3 is 2.29 bits per heavy atom. The topological polar surface area (TPSA) is 113 Å². The third-order valence-electron chi connectivity index (χ3n) is 3.33. The second-order valence-electron chi connectivity index (χ2n) is 4.65. The number of rotatable bonds is 3. The summed E-state index contributed by atoms with van der Waals surface area (Å²) in [4.78, 5) is 23.1. The molecule has 3 heterocycles. The number of aromatic carboxylic acids is 1. The largest absolute Gasteiger partial charge is 0.478 e. The standard InChI is InChI=1S/C11H14N8O2/c1-17-11(14-15-16-17)19-4-2-18(3-5-19)10-12-6-8(7-13-10)9(20)21/h6-7H,2-5H2,1H3,(H,20,21). The van der Waals surface area contributed by atoms with Crippen molar-refractivity contribution in [1.82, 2.24) is 30.2 Å². The smallest absolute Gasteiger partial charge is 0.338 e. The number of carbonyl (C=O) groups is 1. The fourth-order valence-corrected chi connectivity index (χ4v) is 2.19. The van der Waals surface area contributed by atoms with E-state index in [9.17, 15) is 4.79 Å². The van der Waals surface area contributed by atoms with Crippen LogP contribution in [0.3, 0.4) is 0 Å². The summed E-state index contributed by atoms with van der Waals surface area (Å²) >= 11 is 0. The van der Waals surface area contributed by atoms with Crippen molar-refractivity contribution >= 4 is 17.9 Å². The molecule has 0 saturated carbocycles. The molecule has 0 amide bonds. The minimum Gasteiger partial charge on any atom is -0.478 e. The highest BCUT2D eigenvalue weighted by atomic mass is 16.4. The molecule has 0 spiro atoms. The summed E-state index contributed by atoms with van der Waals surface area (Å²) in [7, 11) is 1.80. The maximum absolute atomic E-state index is 10.8. The van der Waals surface area contributed by atoms with E-state index in [0.29, 0.717) is 5.95 Å². The van der Waals surface area contributed by atoms with E-state index < -0.39 is 5.97 Å². The quantitative estimate of drug-likeness (QED) is 0.762. The molecular formula is C11H14N8O2. The molecule has 1 aliphatic rings. The predicted octanol–water partition coefficient (Wildman–Crippen LogP) is -0.975. The molecule has 10 heteroatoms. The van der Waals surface area contributed by atoms with Crippen LogP contribution in [0, 0.1) is 0 Å². The number of aryl methyl sites for hydroxylation is 1. The van der Waals surface area contributed by atoms with Gasteiger partial charge in [0.25, 0.3) is 0 Å². The Morgan fingerprint density at radius 1 is 1.14 bits per heavy atom. The van der Waals surface area contributed by atoms with Crippen LogP contribution in [0.4, 0.5) is 11.9 Å². The zero-order valence-corrected chi connectivity index (χ0v) is 11.4. The Balaban J connectivity index is 1.65. The third kappa shape index (κ3) is 2.59. The van der Waals surface area contributed by atoms with Gasteiger partial charge in [-0.25, -0.2) is 19.4 Å². The van der Waals surface area contributed by atoms with Gasteiger partial charge in [-0.1, -0.05) is 5.10 Å². The minimum absolute atomic E-state index is 0.0857. The van der Waals surface area contributed by atoms with Crippen LogP contribution in [-0.4, -0.2) is 67.4 Å². The first-order valence-corrected chi connectivity index (χ1v) is 6.43. The number of nitrogens with zero attached hydrogens (tertiary/aromatic N) is 8. The lowest BCUT2D eigenvalue weighted by Crippen LogP contribution is -2.48. The molecule has 2 aromatic heterocycles. The number of aromatic nitrogens is 6. The van der Waals surface area contributed by atoms with E-state index in [1.807, 2.05) is 4.90 Å². The number of hydrogen-bond donors (Lipinski definition) is 1. The van der Waals surface area contributed by atoms with E-state index >= 15 is 0 Å². The first-order chi connectivity index (χ1) is 10.1. The van der Waals surface area contributed by atoms with Crippen molar-refractivity contribution in [3.63, 3.8) is 0 Å². The lowest BCUT2D eigenvalue weighted by Gasteiger charge is -2.34. The van der Waals surface area contributed by atoms with Gasteiger partial charge in [-0.3, -0.25) is 0 Å². The van der Waals surface area contributed by atoms with Gasteiger partial charge < -0.3 is 14.9 Å². The molecule has 0 bridgehead atoms. The normalized spacial score (nSPS) is 15.3. The maximum atomic E-state index is 10.8. The van der Waals surface area contributed by atoms with Crippen molar-refractivity contribution < 1.29 is 9.90 Å². The number of tetrazole rings is 1. The zero-order valence-electron chi connectivity index (χ0n) is 11.4. The summed E-state index contributed by atoms with van der Waals surface area (Å²) in [5, 5.41) is 20.3. The molecule has 1 N–H and O–H groups in total. The van der Waals surface area contributed by atoms with Gasteiger partial charge in [-0.2, -0.15) is 0 Å². The van der Waals surface area contributed by atoms with Gasteiger partial charge in [-0.05, 0) is 10.4 Å². The summed E-state index contributed by atoms with van der Waals surface area (Å²) in [5.41, 5.74) is 0.0857. The van der Waals surface area contributed by atoms with Crippen molar-refractivity contribution in [3.8, 4) is 0 Å². The van der Waals surface area contributed by atoms with Crippen LogP contribution in [0.25, 0.3) is 0 Å². The fourth-order valence-electron chi connectivity index (χ4n) is 2.19. The molecule has 1 fully saturated rings. The zero-order chi connectivity index (χ0) is 14.8. The van der Waals surface area contributed by atoms with E-state index in [-0.39, 0.29) is 5.56 Å². The molecule has 110 valence electrons. The van der Waals surface area contributed by atoms with E-state index in [1.54, 1.807) is 11.7 Å². The van der Waals surface area contributed by atoms with Gasteiger partial charge >= 0.3 is 5.97 Å². The van der Waals surface area contributed by atoms with Crippen molar-refractivity contribution in [2.24, 2.45) is 7.05 Å². The highest BCUT2D eigenvalue weighted by Crippen LogP contribution is 2.14. The first-order valence-electron chi connectivity index (χ1n) is 6.43. The molecule has 1 aliphatic heterocycles. The Morgan fingerprint density at radius 2 is 1.76 bits per heavy atom. The molecule has 0 unspecified atom stereocenters. The molecule has 0 atom stereocenters. The second kappa shape index (κ2) is 5.31. The Hall–Kier alpha value is -2.78. The maximum Gasteiger partial charge on any atom is 0.338 e. The molecule has 0 aromatic carbocycles. The predicted molar refractivity (Wildman–Crippen MR) is 72.2 cm³/mol. The van der Waals surface area contributed by atoms with Crippen LogP contribution in [0.1, 0.15) is 10.4 Å². The van der Waals surface area contributed by atoms with Gasteiger partial charge in [-0.15, -0.1) is 0 Å². The second-order valence-corrected chi connectivity index (χ2v) is 4.65. The summed E-state index contributed by atoms with van der Waals surface area (Å²) in [6, 6.07) is 0. The van der Waals surface area contributed by atoms with Gasteiger partial charge in [0.1, 0.15) is 0 Å². The van der Waals surface area contributed by atoms with Crippen LogP contribution in [0.2, 0.25) is 0 Å². The molecular weight excluding hydrogens is 276 g/mol. The van der Waals surface area contributed by atoms with E-state index in [0.717, 1.165) is 32.1 Å². The molecule has 2 aromatic rings. The molecule has 0 aliphatic carbocycles. The van der Waals surface area contributed by atoms with Gasteiger partial charge in [0.05, 0.1) is 5.56 Å². The highest BCUT2D eigenvalue weighted by molar-refractivity contribution is 5.86. The van der Waals surface area contributed by atoms with Crippen LogP contribution < -0.4 is 9.80 Å². The lowest BCUT2D eigenvalue weighted by molar-refractivity contribution is 0.0696. The average molecular weight is 290 g/mol. The average Bonchev–Trinajstić information content (AvgIpc) is 2.94. The van der Waals surface area contributed by atoms with Crippen molar-refractivity contribution in [2.75, 3.05) is 36.0 Å². The Labute approximate surface area is 120 Å². The first kappa shape index (κ1) is 13.2. The van der Waals surface area contributed by atoms with Crippen LogP contribution in [0.5, 0.6) is 0 Å². The number of carboxylic acids is 1. The van der Waals surface area contributed by atoms with Crippen molar-refractivity contribution in [2.45, 2.75) is 0 Å².